The van der Waals surface area contributed by atoms with E-state index in [1.807, 2.05) is 48.5 Å². The molecule has 0 bridgehead atoms. The molecule has 10 nitrogen and oxygen atoms in total. The highest BCUT2D eigenvalue weighted by Crippen LogP contribution is 2.60. The summed E-state index contributed by atoms with van der Waals surface area (Å²) in [5.74, 6) is 0.0610. The van der Waals surface area contributed by atoms with E-state index < -0.39 is 13.7 Å². The van der Waals surface area contributed by atoms with Gasteiger partial charge in [0.05, 0.1) is 51.4 Å². The Labute approximate surface area is 281 Å². The van der Waals surface area contributed by atoms with Gasteiger partial charge in [0.1, 0.15) is 5.75 Å². The van der Waals surface area contributed by atoms with E-state index in [2.05, 4.69) is 37.2 Å². The van der Waals surface area contributed by atoms with Gasteiger partial charge in [-0.05, 0) is 61.2 Å². The van der Waals surface area contributed by atoms with Crippen molar-refractivity contribution in [3.63, 3.8) is 0 Å². The Morgan fingerprint density at radius 2 is 1.79 bits per heavy atom. The third-order valence-corrected chi connectivity index (χ3v) is 14.8. The van der Waals surface area contributed by atoms with E-state index in [0.717, 1.165) is 16.8 Å². The average molecular weight is 670 g/mol. The number of amides is 1. The molecule has 4 aromatic rings. The Morgan fingerprint density at radius 1 is 1.04 bits per heavy atom. The second-order valence-electron chi connectivity index (χ2n) is 13.3. The zero-order valence-electron chi connectivity index (χ0n) is 28.1. The smallest absolute Gasteiger partial charge is 0.305 e. The minimum atomic E-state index is -2.36. The maximum atomic E-state index is 14.9. The van der Waals surface area contributed by atoms with Crippen molar-refractivity contribution >= 4 is 41.6 Å². The number of anilines is 1. The van der Waals surface area contributed by atoms with Crippen LogP contribution in [0.25, 0.3) is 16.5 Å². The number of carbonyl (C=O) groups is 2. The molecule has 0 aliphatic carbocycles. The number of ether oxygens (including phenoxy) is 3. The first-order chi connectivity index (χ1) is 23.1. The molecule has 1 amide bonds. The molecular formula is C37H43N3O7Si. The maximum absolute atomic E-state index is 14.9. The summed E-state index contributed by atoms with van der Waals surface area (Å²) in [6, 6.07) is 21.0. The number of aliphatic hydroxyl groups is 1. The minimum absolute atomic E-state index is 0.0284. The first-order valence-electron chi connectivity index (χ1n) is 16.5. The van der Waals surface area contributed by atoms with E-state index >= 15 is 0 Å². The van der Waals surface area contributed by atoms with Crippen molar-refractivity contribution in [2.45, 2.75) is 62.9 Å². The van der Waals surface area contributed by atoms with Crippen molar-refractivity contribution in [2.75, 3.05) is 32.3 Å². The second kappa shape index (κ2) is 13.3. The molecule has 1 fully saturated rings. The highest BCUT2D eigenvalue weighted by molar-refractivity contribution is 6.91. The molecule has 0 saturated carbocycles. The van der Waals surface area contributed by atoms with E-state index in [0.29, 0.717) is 42.4 Å². The highest BCUT2D eigenvalue weighted by Gasteiger charge is 2.66. The Kier molecular flexibility index (Phi) is 9.30. The van der Waals surface area contributed by atoms with Gasteiger partial charge in [-0.15, -0.1) is 0 Å². The lowest BCUT2D eigenvalue weighted by Gasteiger charge is -2.37. The summed E-state index contributed by atoms with van der Waals surface area (Å²) in [6.07, 6.45) is 3.10. The zero-order valence-corrected chi connectivity index (χ0v) is 29.1. The zero-order chi connectivity index (χ0) is 34.2. The minimum Gasteiger partial charge on any atom is -0.497 e. The van der Waals surface area contributed by atoms with Crippen molar-refractivity contribution in [3.8, 4) is 11.4 Å². The van der Waals surface area contributed by atoms with Crippen LogP contribution in [0.3, 0.4) is 0 Å². The van der Waals surface area contributed by atoms with Gasteiger partial charge in [0.2, 0.25) is 0 Å². The number of carbonyl (C=O) groups excluding carboxylic acids is 2. The quantitative estimate of drug-likeness (QED) is 0.139. The lowest BCUT2D eigenvalue weighted by Crippen LogP contribution is -2.52. The second-order valence-corrected chi connectivity index (χ2v) is 18.0. The van der Waals surface area contributed by atoms with Gasteiger partial charge >= 0.3 is 5.97 Å². The van der Waals surface area contributed by atoms with Crippen LogP contribution in [0.1, 0.15) is 38.2 Å². The summed E-state index contributed by atoms with van der Waals surface area (Å²) in [4.78, 5) is 42.1. The van der Waals surface area contributed by atoms with E-state index in [4.69, 9.17) is 14.2 Å². The fourth-order valence-corrected chi connectivity index (χ4v) is 12.0. The Hall–Kier alpha value is -4.32. The van der Waals surface area contributed by atoms with Crippen molar-refractivity contribution in [1.82, 2.24) is 9.78 Å². The van der Waals surface area contributed by atoms with E-state index in [9.17, 15) is 19.5 Å². The Bertz CT molecular complexity index is 1890. The molecule has 3 heterocycles. The van der Waals surface area contributed by atoms with E-state index in [-0.39, 0.29) is 48.0 Å². The first-order valence-corrected chi connectivity index (χ1v) is 19.6. The number of esters is 1. The van der Waals surface area contributed by atoms with Crippen LogP contribution in [0, 0.1) is 5.92 Å². The summed E-state index contributed by atoms with van der Waals surface area (Å²) in [7, 11) is 0.656. The largest absolute Gasteiger partial charge is 0.497 e. The molecule has 1 aromatic heterocycles. The molecule has 0 unspecified atom stereocenters. The van der Waals surface area contributed by atoms with Gasteiger partial charge in [-0.1, -0.05) is 55.5 Å². The summed E-state index contributed by atoms with van der Waals surface area (Å²) in [5.41, 5.74) is 0.325. The van der Waals surface area contributed by atoms with Crippen molar-refractivity contribution in [2.24, 2.45) is 5.92 Å². The van der Waals surface area contributed by atoms with Gasteiger partial charge in [0, 0.05) is 36.4 Å². The fourth-order valence-electron chi connectivity index (χ4n) is 7.97. The molecule has 2 aliphatic rings. The normalized spacial score (nSPS) is 22.0. The van der Waals surface area contributed by atoms with Crippen molar-refractivity contribution in [1.29, 1.82) is 0 Å². The van der Waals surface area contributed by atoms with E-state index in [1.54, 1.807) is 24.3 Å². The Balaban J connectivity index is 1.47. The van der Waals surface area contributed by atoms with Gasteiger partial charge in [0.25, 0.3) is 11.5 Å². The molecule has 6 rings (SSSR count). The number of benzene rings is 3. The van der Waals surface area contributed by atoms with Gasteiger partial charge in [0.15, 0.2) is 5.60 Å². The van der Waals surface area contributed by atoms with Crippen LogP contribution < -0.4 is 20.4 Å². The monoisotopic (exact) mass is 669 g/mol. The molecule has 48 heavy (non-hydrogen) atoms. The lowest BCUT2D eigenvalue weighted by atomic mass is 9.82. The molecular weight excluding hydrogens is 627 g/mol. The predicted octanol–water partition coefficient (Wildman–Crippen LogP) is 4.68. The number of fused-ring (bicyclic) bond motifs is 3. The number of hydrogen-bond acceptors (Lipinski definition) is 8. The van der Waals surface area contributed by atoms with Crippen molar-refractivity contribution in [3.05, 3.63) is 88.8 Å². The average Bonchev–Trinajstić information content (AvgIpc) is 3.52. The van der Waals surface area contributed by atoms with Gasteiger partial charge in [-0.25, -0.2) is 0 Å². The third-order valence-electron chi connectivity index (χ3n) is 10.4. The number of aromatic nitrogens is 2. The van der Waals surface area contributed by atoms with Crippen LogP contribution in [0.4, 0.5) is 5.69 Å². The first kappa shape index (κ1) is 33.6. The number of aliphatic hydroxyl groups excluding tert-OH is 1. The molecule has 1 N–H and O–H groups in total. The summed E-state index contributed by atoms with van der Waals surface area (Å²) in [5, 5.41) is 17.2. The van der Waals surface area contributed by atoms with Crippen molar-refractivity contribution < 1.29 is 28.9 Å². The molecule has 0 radical (unpaired) electrons. The fraction of sp³-hybridized carbons (Fsp3) is 0.405. The summed E-state index contributed by atoms with van der Waals surface area (Å²) in [6.45, 7) is 7.00. The maximum Gasteiger partial charge on any atom is 0.305 e. The molecule has 1 spiro atoms. The molecule has 11 heteroatoms. The number of methoxy groups -OCH3 is 2. The van der Waals surface area contributed by atoms with Crippen LogP contribution in [0.2, 0.25) is 18.6 Å². The topological polar surface area (TPSA) is 120 Å². The summed E-state index contributed by atoms with van der Waals surface area (Å²) < 4.78 is 18.6. The standard InChI is InChI=1S/C37H43N3O7Si/c1-24-34(48(4,5)28-16-14-27(45-2)15-17-28)32(19-21-41)47-37(24)30-22-26(40-35(43)29-11-7-6-10-25(29)23-38-40)13-18-31(30)39(36(37)44)20-9-8-12-33(42)46-3/h6-7,10-11,13-18,22-24,32,34,41H,8-9,12,19-21H2,1-5H3/t24-,32+,34-,37+/m1/s1. The highest BCUT2D eigenvalue weighted by atomic mass is 28.3. The van der Waals surface area contributed by atoms with Crippen LogP contribution in [-0.2, 0) is 24.7 Å². The van der Waals surface area contributed by atoms with Crippen LogP contribution in [-0.4, -0.2) is 68.3 Å². The molecule has 2 aliphatic heterocycles. The van der Waals surface area contributed by atoms with Gasteiger partial charge in [-0.2, -0.15) is 9.78 Å². The molecule has 1 saturated heterocycles. The van der Waals surface area contributed by atoms with Crippen LogP contribution >= 0.6 is 0 Å². The molecule has 252 valence electrons. The predicted molar refractivity (Wildman–Crippen MR) is 187 cm³/mol. The SMILES string of the molecule is COC(=O)CCCCN1C(=O)[C@@]2(O[C@@H](CCO)[C@H]([Si](C)(C)c3ccc(OC)cc3)[C@H]2C)c2cc(-n3ncc4ccccc4c3=O)ccc21. The number of rotatable bonds is 11. The lowest BCUT2D eigenvalue weighted by molar-refractivity contribution is -0.146. The number of unbranched alkanes of at least 4 members (excludes halogenated alkanes) is 1. The third kappa shape index (κ3) is 5.53. The molecule has 3 aromatic carbocycles. The van der Waals surface area contributed by atoms with Gasteiger partial charge < -0.3 is 24.2 Å². The molecule has 4 atom stereocenters. The summed E-state index contributed by atoms with van der Waals surface area (Å²) >= 11 is 0. The van der Waals surface area contributed by atoms with Crippen LogP contribution in [0.15, 0.2) is 77.7 Å². The Morgan fingerprint density at radius 3 is 2.50 bits per heavy atom. The van der Waals surface area contributed by atoms with Gasteiger partial charge in [-0.3, -0.25) is 14.4 Å². The number of hydrogen-bond donors (Lipinski definition) is 1. The number of nitrogens with zero attached hydrogens (tertiary/aromatic N) is 3. The van der Waals surface area contributed by atoms with E-state index in [1.165, 1.54) is 17.0 Å². The van der Waals surface area contributed by atoms with Crippen LogP contribution in [0.5, 0.6) is 5.75 Å².